The molecule has 5 nitrogen and oxygen atoms in total. The van der Waals surface area contributed by atoms with E-state index in [-0.39, 0.29) is 17.6 Å². The van der Waals surface area contributed by atoms with Crippen molar-refractivity contribution in [3.05, 3.63) is 76.7 Å². The van der Waals surface area contributed by atoms with Gasteiger partial charge in [-0.05, 0) is 55.8 Å². The van der Waals surface area contributed by atoms with Gasteiger partial charge < -0.3 is 9.80 Å². The molecule has 0 saturated carbocycles. The lowest BCUT2D eigenvalue weighted by atomic mass is 10.1. The number of aromatic nitrogens is 1. The number of hydrogen-bond acceptors (Lipinski definition) is 3. The van der Waals surface area contributed by atoms with E-state index in [0.717, 1.165) is 16.5 Å². The summed E-state index contributed by atoms with van der Waals surface area (Å²) in [6.07, 6.45) is 0. The molecule has 0 radical (unpaired) electrons. The van der Waals surface area contributed by atoms with Gasteiger partial charge in [0.15, 0.2) is 0 Å². The normalized spacial score (nSPS) is 14.3. The van der Waals surface area contributed by atoms with Crippen LogP contribution in [0.25, 0.3) is 10.9 Å². The van der Waals surface area contributed by atoms with Gasteiger partial charge in [-0.25, -0.2) is 4.39 Å². The molecular formula is C23H22FN3O2. The van der Waals surface area contributed by atoms with E-state index in [2.05, 4.69) is 4.98 Å². The summed E-state index contributed by atoms with van der Waals surface area (Å²) < 4.78 is 13.1. The zero-order valence-electron chi connectivity index (χ0n) is 16.5. The number of carbonyl (C=O) groups is 2. The van der Waals surface area contributed by atoms with E-state index in [1.807, 2.05) is 38.1 Å². The summed E-state index contributed by atoms with van der Waals surface area (Å²) in [7, 11) is 0. The first-order valence-electron chi connectivity index (χ1n) is 9.64. The van der Waals surface area contributed by atoms with E-state index in [0.29, 0.717) is 43.0 Å². The Hall–Kier alpha value is -3.28. The highest BCUT2D eigenvalue weighted by atomic mass is 19.1. The highest BCUT2D eigenvalue weighted by molar-refractivity contribution is 5.99. The number of carbonyl (C=O) groups excluding carboxylic acids is 2. The fraction of sp³-hybridized carbons (Fsp3) is 0.261. The third-order valence-electron chi connectivity index (χ3n) is 5.34. The average Bonchev–Trinajstić information content (AvgIpc) is 2.73. The molecule has 1 saturated heterocycles. The largest absolute Gasteiger partial charge is 0.335 e. The minimum atomic E-state index is -0.369. The first-order valence-corrected chi connectivity index (χ1v) is 9.64. The number of benzene rings is 2. The Kier molecular flexibility index (Phi) is 5.01. The van der Waals surface area contributed by atoms with Gasteiger partial charge in [0, 0.05) is 37.1 Å². The van der Waals surface area contributed by atoms with Crippen molar-refractivity contribution in [2.24, 2.45) is 0 Å². The molecule has 1 aliphatic heterocycles. The molecule has 29 heavy (non-hydrogen) atoms. The van der Waals surface area contributed by atoms with Crippen LogP contribution in [0.5, 0.6) is 0 Å². The van der Waals surface area contributed by atoms with Crippen LogP contribution in [0.15, 0.2) is 48.5 Å². The molecule has 1 aromatic heterocycles. The first-order chi connectivity index (χ1) is 13.9. The predicted octanol–water partition coefficient (Wildman–Crippen LogP) is 3.59. The summed E-state index contributed by atoms with van der Waals surface area (Å²) in [6, 6.07) is 13.4. The number of nitrogens with zero attached hydrogens (tertiary/aromatic N) is 3. The van der Waals surface area contributed by atoms with Gasteiger partial charge in [0.2, 0.25) is 0 Å². The maximum Gasteiger partial charge on any atom is 0.255 e. The number of rotatable bonds is 2. The fourth-order valence-electron chi connectivity index (χ4n) is 3.65. The summed E-state index contributed by atoms with van der Waals surface area (Å²) in [5.74, 6) is -0.575. The third kappa shape index (κ3) is 3.83. The van der Waals surface area contributed by atoms with E-state index in [4.69, 9.17) is 0 Å². The highest BCUT2D eigenvalue weighted by Crippen LogP contribution is 2.20. The van der Waals surface area contributed by atoms with E-state index in [1.165, 1.54) is 24.3 Å². The van der Waals surface area contributed by atoms with Gasteiger partial charge >= 0.3 is 0 Å². The predicted molar refractivity (Wildman–Crippen MR) is 109 cm³/mol. The van der Waals surface area contributed by atoms with E-state index in [9.17, 15) is 14.0 Å². The molecule has 2 heterocycles. The number of aryl methyl sites for hydroxylation is 2. The SMILES string of the molecule is Cc1ccc2cc(C(=O)N3CCN(C(=O)c4ccc(F)cc4)CC3)c(C)nc2c1. The molecule has 0 spiro atoms. The summed E-state index contributed by atoms with van der Waals surface area (Å²) >= 11 is 0. The molecule has 2 amide bonds. The van der Waals surface area contributed by atoms with Crippen LogP contribution in [0.4, 0.5) is 4.39 Å². The molecule has 1 aliphatic rings. The van der Waals surface area contributed by atoms with Crippen LogP contribution in [-0.2, 0) is 0 Å². The Morgan fingerprint density at radius 2 is 1.48 bits per heavy atom. The van der Waals surface area contributed by atoms with E-state index < -0.39 is 0 Å². The Morgan fingerprint density at radius 1 is 0.862 bits per heavy atom. The van der Waals surface area contributed by atoms with Gasteiger partial charge in [-0.2, -0.15) is 0 Å². The van der Waals surface area contributed by atoms with Crippen LogP contribution in [-0.4, -0.2) is 52.8 Å². The van der Waals surface area contributed by atoms with Crippen molar-refractivity contribution in [1.82, 2.24) is 14.8 Å². The number of fused-ring (bicyclic) bond motifs is 1. The zero-order valence-corrected chi connectivity index (χ0v) is 16.5. The minimum absolute atomic E-state index is 0.0636. The number of hydrogen-bond donors (Lipinski definition) is 0. The molecule has 0 N–H and O–H groups in total. The third-order valence-corrected chi connectivity index (χ3v) is 5.34. The van der Waals surface area contributed by atoms with Crippen LogP contribution in [0.3, 0.4) is 0 Å². The Bertz CT molecular complexity index is 1090. The first kappa shape index (κ1) is 19.1. The molecule has 0 bridgehead atoms. The molecule has 2 aromatic carbocycles. The molecule has 0 unspecified atom stereocenters. The van der Waals surface area contributed by atoms with Crippen LogP contribution in [0.1, 0.15) is 32.0 Å². The van der Waals surface area contributed by atoms with Gasteiger partial charge in [-0.1, -0.05) is 12.1 Å². The lowest BCUT2D eigenvalue weighted by Gasteiger charge is -2.35. The standard InChI is InChI=1S/C23H22FN3O2/c1-15-3-4-18-14-20(16(2)25-21(18)13-15)23(29)27-11-9-26(10-12-27)22(28)17-5-7-19(24)8-6-17/h3-8,13-14H,9-12H2,1-2H3. The minimum Gasteiger partial charge on any atom is -0.335 e. The number of pyridine rings is 1. The molecular weight excluding hydrogens is 369 g/mol. The molecule has 4 rings (SSSR count). The second kappa shape index (κ2) is 7.62. The second-order valence-corrected chi connectivity index (χ2v) is 7.41. The van der Waals surface area contributed by atoms with Gasteiger partial charge in [0.05, 0.1) is 16.8 Å². The zero-order chi connectivity index (χ0) is 20.5. The molecule has 0 aliphatic carbocycles. The molecule has 0 atom stereocenters. The van der Waals surface area contributed by atoms with E-state index >= 15 is 0 Å². The summed E-state index contributed by atoms with van der Waals surface area (Å²) in [4.78, 5) is 33.7. The van der Waals surface area contributed by atoms with Gasteiger partial charge in [-0.15, -0.1) is 0 Å². The van der Waals surface area contributed by atoms with Crippen LogP contribution in [0, 0.1) is 19.7 Å². The van der Waals surface area contributed by atoms with Crippen molar-refractivity contribution in [2.45, 2.75) is 13.8 Å². The molecule has 3 aromatic rings. The molecule has 1 fully saturated rings. The van der Waals surface area contributed by atoms with Crippen molar-refractivity contribution in [3.8, 4) is 0 Å². The van der Waals surface area contributed by atoms with Crippen molar-refractivity contribution in [2.75, 3.05) is 26.2 Å². The molecule has 148 valence electrons. The van der Waals surface area contributed by atoms with Crippen LogP contribution < -0.4 is 0 Å². The Morgan fingerprint density at radius 3 is 2.14 bits per heavy atom. The Balaban J connectivity index is 1.47. The average molecular weight is 391 g/mol. The maximum atomic E-state index is 13.1. The van der Waals surface area contributed by atoms with Gasteiger partial charge in [0.25, 0.3) is 11.8 Å². The van der Waals surface area contributed by atoms with Crippen LogP contribution in [0.2, 0.25) is 0 Å². The summed E-state index contributed by atoms with van der Waals surface area (Å²) in [6.45, 7) is 5.67. The quantitative estimate of drug-likeness (QED) is 0.671. The van der Waals surface area contributed by atoms with E-state index in [1.54, 1.807) is 9.80 Å². The number of halogens is 1. The fourth-order valence-corrected chi connectivity index (χ4v) is 3.65. The summed E-state index contributed by atoms with van der Waals surface area (Å²) in [5.41, 5.74) is 3.77. The van der Waals surface area contributed by atoms with Crippen molar-refractivity contribution in [3.63, 3.8) is 0 Å². The lowest BCUT2D eigenvalue weighted by Crippen LogP contribution is -2.50. The smallest absolute Gasteiger partial charge is 0.255 e. The maximum absolute atomic E-state index is 13.1. The lowest BCUT2D eigenvalue weighted by molar-refractivity contribution is 0.0535. The Labute approximate surface area is 168 Å². The topological polar surface area (TPSA) is 53.5 Å². The summed E-state index contributed by atoms with van der Waals surface area (Å²) in [5, 5.41) is 0.940. The molecule has 6 heteroatoms. The number of piperazine rings is 1. The van der Waals surface area contributed by atoms with Gasteiger partial charge in [0.1, 0.15) is 5.82 Å². The van der Waals surface area contributed by atoms with Crippen molar-refractivity contribution < 1.29 is 14.0 Å². The van der Waals surface area contributed by atoms with Crippen LogP contribution >= 0.6 is 0 Å². The van der Waals surface area contributed by atoms with Gasteiger partial charge in [-0.3, -0.25) is 14.6 Å². The number of amides is 2. The second-order valence-electron chi connectivity index (χ2n) is 7.41. The monoisotopic (exact) mass is 391 g/mol. The van der Waals surface area contributed by atoms with Crippen molar-refractivity contribution >= 4 is 22.7 Å². The van der Waals surface area contributed by atoms with Crippen molar-refractivity contribution in [1.29, 1.82) is 0 Å². The highest BCUT2D eigenvalue weighted by Gasteiger charge is 2.26.